The van der Waals surface area contributed by atoms with Gasteiger partial charge in [0.15, 0.2) is 5.13 Å². The van der Waals surface area contributed by atoms with Gasteiger partial charge in [-0.25, -0.2) is 19.3 Å². The van der Waals surface area contributed by atoms with Gasteiger partial charge in [-0.05, 0) is 58.0 Å². The van der Waals surface area contributed by atoms with Crippen LogP contribution >= 0.6 is 11.3 Å². The van der Waals surface area contributed by atoms with Gasteiger partial charge in [-0.15, -0.1) is 11.3 Å². The van der Waals surface area contributed by atoms with Crippen molar-refractivity contribution in [1.29, 1.82) is 0 Å². The third kappa shape index (κ3) is 7.25. The van der Waals surface area contributed by atoms with Crippen LogP contribution in [0.2, 0.25) is 0 Å². The Labute approximate surface area is 221 Å². The van der Waals surface area contributed by atoms with Crippen molar-refractivity contribution in [2.75, 3.05) is 36.4 Å². The van der Waals surface area contributed by atoms with Crippen LogP contribution in [0, 0.1) is 0 Å². The van der Waals surface area contributed by atoms with Crippen LogP contribution in [0.5, 0.6) is 5.75 Å². The van der Waals surface area contributed by atoms with Crippen molar-refractivity contribution < 1.29 is 8.95 Å². The zero-order valence-electron chi connectivity index (χ0n) is 22.0. The van der Waals surface area contributed by atoms with Crippen LogP contribution < -0.4 is 20.1 Å². The van der Waals surface area contributed by atoms with E-state index in [1.165, 1.54) is 11.3 Å². The van der Waals surface area contributed by atoms with Crippen molar-refractivity contribution >= 4 is 39.0 Å². The first-order valence-corrected chi connectivity index (χ1v) is 14.5. The Morgan fingerprint density at radius 3 is 2.39 bits per heavy atom. The minimum absolute atomic E-state index is 0.000399. The van der Waals surface area contributed by atoms with E-state index >= 15 is 0 Å². The number of benzene rings is 1. The standard InChI is InChI=1S/C24H32N6O2S2.C2H6/c1-16(2)29-9-11-30(12-10-29)23-8-5-18(14-26-23)21-15-33-24(28-21)27-20-13-19(34(25)31)6-7-22(20)32-17(3)4;1-2/h5-8,13-17H,9-12,25H2,1-4H3,(H,27,28);1-2H3. The zero-order valence-corrected chi connectivity index (χ0v) is 23.7. The number of anilines is 3. The van der Waals surface area contributed by atoms with Crippen molar-refractivity contribution in [1.82, 2.24) is 14.9 Å². The minimum Gasteiger partial charge on any atom is -0.489 e. The summed E-state index contributed by atoms with van der Waals surface area (Å²) in [5, 5.41) is 11.6. The van der Waals surface area contributed by atoms with Crippen LogP contribution in [0.25, 0.3) is 11.3 Å². The lowest BCUT2D eigenvalue weighted by molar-refractivity contribution is 0.209. The van der Waals surface area contributed by atoms with E-state index in [9.17, 15) is 4.21 Å². The highest BCUT2D eigenvalue weighted by Gasteiger charge is 2.20. The van der Waals surface area contributed by atoms with Gasteiger partial charge in [0.2, 0.25) is 0 Å². The lowest BCUT2D eigenvalue weighted by Crippen LogP contribution is -2.49. The number of thiazole rings is 1. The molecule has 3 aromatic rings. The van der Waals surface area contributed by atoms with Crippen molar-refractivity contribution in [3.05, 3.63) is 41.9 Å². The molecule has 0 bridgehead atoms. The van der Waals surface area contributed by atoms with Gasteiger partial charge in [0.1, 0.15) is 22.6 Å². The smallest absolute Gasteiger partial charge is 0.187 e. The first-order valence-electron chi connectivity index (χ1n) is 12.4. The summed E-state index contributed by atoms with van der Waals surface area (Å²) in [5.74, 6) is 1.66. The molecule has 1 fully saturated rings. The van der Waals surface area contributed by atoms with E-state index < -0.39 is 11.0 Å². The molecule has 3 heterocycles. The highest BCUT2D eigenvalue weighted by atomic mass is 32.2. The quantitative estimate of drug-likeness (QED) is 0.409. The van der Waals surface area contributed by atoms with Crippen LogP contribution in [0.4, 0.5) is 16.6 Å². The largest absolute Gasteiger partial charge is 0.489 e. The maximum Gasteiger partial charge on any atom is 0.187 e. The van der Waals surface area contributed by atoms with Crippen molar-refractivity contribution in [2.45, 2.75) is 58.6 Å². The number of piperazine rings is 1. The van der Waals surface area contributed by atoms with Gasteiger partial charge in [-0.1, -0.05) is 13.8 Å². The molecule has 3 N–H and O–H groups in total. The summed E-state index contributed by atoms with van der Waals surface area (Å²) in [6.07, 6.45) is 1.88. The molecule has 8 nitrogen and oxygen atoms in total. The van der Waals surface area contributed by atoms with Crippen LogP contribution in [-0.2, 0) is 11.0 Å². The van der Waals surface area contributed by atoms with E-state index in [0.29, 0.717) is 27.5 Å². The van der Waals surface area contributed by atoms with Gasteiger partial charge in [0.25, 0.3) is 0 Å². The van der Waals surface area contributed by atoms with Crippen LogP contribution in [0.1, 0.15) is 41.5 Å². The number of nitrogens with zero attached hydrogens (tertiary/aromatic N) is 4. The number of hydrogen-bond acceptors (Lipinski definition) is 8. The van der Waals surface area contributed by atoms with Crippen LogP contribution in [-0.4, -0.2) is 57.4 Å². The highest BCUT2D eigenvalue weighted by Crippen LogP contribution is 2.33. The second-order valence-electron chi connectivity index (χ2n) is 8.81. The van der Waals surface area contributed by atoms with Crippen LogP contribution in [0.15, 0.2) is 46.8 Å². The van der Waals surface area contributed by atoms with Crippen LogP contribution in [0.3, 0.4) is 0 Å². The van der Waals surface area contributed by atoms with Crippen molar-refractivity contribution in [2.24, 2.45) is 5.14 Å². The van der Waals surface area contributed by atoms with E-state index in [-0.39, 0.29) is 6.10 Å². The molecule has 1 unspecified atom stereocenters. The Bertz CT molecular complexity index is 1130. The van der Waals surface area contributed by atoms with Crippen molar-refractivity contribution in [3.63, 3.8) is 0 Å². The Balaban J connectivity index is 0.00000176. The Morgan fingerprint density at radius 2 is 1.81 bits per heavy atom. The fourth-order valence-electron chi connectivity index (χ4n) is 3.86. The molecule has 0 saturated carbocycles. The van der Waals surface area contributed by atoms with E-state index in [1.54, 1.807) is 18.2 Å². The van der Waals surface area contributed by atoms with Gasteiger partial charge in [0, 0.05) is 49.4 Å². The molecule has 1 aromatic carbocycles. The zero-order chi connectivity index (χ0) is 26.2. The molecule has 1 atom stereocenters. The maximum absolute atomic E-state index is 11.8. The number of pyridine rings is 1. The Hall–Kier alpha value is -2.53. The fraction of sp³-hybridized carbons (Fsp3) is 0.462. The average Bonchev–Trinajstić information content (AvgIpc) is 3.34. The van der Waals surface area contributed by atoms with Gasteiger partial charge in [-0.3, -0.25) is 4.90 Å². The number of ether oxygens (including phenoxy) is 1. The summed E-state index contributed by atoms with van der Waals surface area (Å²) in [5.41, 5.74) is 2.49. The minimum atomic E-state index is -1.58. The summed E-state index contributed by atoms with van der Waals surface area (Å²) in [6, 6.07) is 9.95. The molecular weight excluding hydrogens is 492 g/mol. The summed E-state index contributed by atoms with van der Waals surface area (Å²) in [4.78, 5) is 14.8. The Morgan fingerprint density at radius 1 is 1.08 bits per heavy atom. The molecule has 36 heavy (non-hydrogen) atoms. The number of rotatable bonds is 8. The summed E-state index contributed by atoms with van der Waals surface area (Å²) in [6.45, 7) is 16.5. The number of nitrogens with one attached hydrogen (secondary N) is 1. The normalized spacial score (nSPS) is 15.0. The average molecular weight is 531 g/mol. The summed E-state index contributed by atoms with van der Waals surface area (Å²) < 4.78 is 17.6. The predicted octanol–water partition coefficient (Wildman–Crippen LogP) is 5.27. The van der Waals surface area contributed by atoms with E-state index in [2.05, 4.69) is 41.1 Å². The first kappa shape index (κ1) is 28.0. The third-order valence-electron chi connectivity index (χ3n) is 5.70. The summed E-state index contributed by atoms with van der Waals surface area (Å²) >= 11 is 1.49. The molecule has 1 aliphatic rings. The molecule has 0 amide bonds. The third-order valence-corrected chi connectivity index (χ3v) is 7.18. The molecule has 196 valence electrons. The van der Waals surface area contributed by atoms with E-state index in [0.717, 1.165) is 43.3 Å². The molecule has 2 aromatic heterocycles. The lowest BCUT2D eigenvalue weighted by atomic mass is 10.2. The van der Waals surface area contributed by atoms with Gasteiger partial charge < -0.3 is 15.0 Å². The molecule has 0 aliphatic carbocycles. The molecule has 4 rings (SSSR count). The number of nitrogens with two attached hydrogens (primary N) is 1. The highest BCUT2D eigenvalue weighted by molar-refractivity contribution is 7.82. The summed E-state index contributed by atoms with van der Waals surface area (Å²) in [7, 11) is -1.58. The van der Waals surface area contributed by atoms with Gasteiger partial charge in [0.05, 0.1) is 22.4 Å². The second-order valence-corrected chi connectivity index (χ2v) is 10.7. The molecule has 1 aliphatic heterocycles. The second kappa shape index (κ2) is 13.1. The molecule has 1 saturated heterocycles. The van der Waals surface area contributed by atoms with E-state index in [1.807, 2.05) is 39.3 Å². The topological polar surface area (TPSA) is 96.6 Å². The molecule has 0 spiro atoms. The van der Waals surface area contributed by atoms with E-state index in [4.69, 9.17) is 19.8 Å². The monoisotopic (exact) mass is 530 g/mol. The molecule has 10 heteroatoms. The number of hydrogen-bond donors (Lipinski definition) is 2. The Kier molecular flexibility index (Phi) is 10.2. The molecular formula is C26H38N6O2S2. The SMILES string of the molecule is CC.CC(C)Oc1ccc(S(N)=O)cc1Nc1nc(-c2ccc(N3CCN(C(C)C)CC3)nc2)cs1. The lowest BCUT2D eigenvalue weighted by Gasteiger charge is -2.37. The number of aromatic nitrogens is 2. The molecule has 0 radical (unpaired) electrons. The van der Waals surface area contributed by atoms with Gasteiger partial charge >= 0.3 is 0 Å². The predicted molar refractivity (Wildman–Crippen MR) is 152 cm³/mol. The first-order chi connectivity index (χ1) is 17.3. The fourth-order valence-corrected chi connectivity index (χ4v) is 5.03. The van der Waals surface area contributed by atoms with Crippen molar-refractivity contribution in [3.8, 4) is 17.0 Å². The van der Waals surface area contributed by atoms with Gasteiger partial charge in [-0.2, -0.15) is 0 Å². The maximum atomic E-state index is 11.8.